The van der Waals surface area contributed by atoms with E-state index in [1.54, 1.807) is 6.92 Å². The van der Waals surface area contributed by atoms with Crippen molar-refractivity contribution in [2.24, 2.45) is 0 Å². The minimum Gasteiger partial charge on any atom is -0.462 e. The summed E-state index contributed by atoms with van der Waals surface area (Å²) in [7, 11) is 0. The summed E-state index contributed by atoms with van der Waals surface area (Å²) in [6, 6.07) is 0. The molecule has 1 heterocycles. The van der Waals surface area contributed by atoms with E-state index in [-0.39, 0.29) is 28.7 Å². The van der Waals surface area contributed by atoms with Crippen LogP contribution in [0.4, 0.5) is 5.00 Å². The van der Waals surface area contributed by atoms with Crippen LogP contribution in [-0.2, 0) is 16.0 Å². The highest BCUT2D eigenvalue weighted by atomic mass is 79.9. The number of ketones is 1. The van der Waals surface area contributed by atoms with Gasteiger partial charge in [0.2, 0.25) is 5.91 Å². The van der Waals surface area contributed by atoms with E-state index in [9.17, 15) is 14.4 Å². The SMILES string of the molecule is CCOC(=O)c1c(NC(=O)CCl)sc2c1CCC(Br)C2=O. The largest absolute Gasteiger partial charge is 0.462 e. The van der Waals surface area contributed by atoms with Gasteiger partial charge >= 0.3 is 5.97 Å². The molecule has 0 radical (unpaired) electrons. The lowest BCUT2D eigenvalue weighted by Crippen LogP contribution is -2.22. The number of Topliss-reactive ketones (excluding diaryl/α,β-unsaturated/α-hetero) is 1. The first-order chi connectivity index (χ1) is 9.99. The number of thiophene rings is 1. The average molecular weight is 395 g/mol. The molecule has 1 aliphatic rings. The van der Waals surface area contributed by atoms with Crippen molar-refractivity contribution in [3.63, 3.8) is 0 Å². The number of ether oxygens (including phenoxy) is 1. The Hall–Kier alpha value is -0.920. The summed E-state index contributed by atoms with van der Waals surface area (Å²) in [5.74, 6) is -1.25. The Morgan fingerprint density at radius 1 is 1.52 bits per heavy atom. The predicted octanol–water partition coefficient (Wildman–Crippen LogP) is 2.99. The first kappa shape index (κ1) is 16.5. The maximum absolute atomic E-state index is 12.2. The molecule has 0 fully saturated rings. The van der Waals surface area contributed by atoms with Crippen molar-refractivity contribution >= 4 is 61.5 Å². The van der Waals surface area contributed by atoms with Crippen LogP contribution in [0, 0.1) is 0 Å². The van der Waals surface area contributed by atoms with Gasteiger partial charge in [0.1, 0.15) is 10.9 Å². The molecule has 0 aliphatic heterocycles. The van der Waals surface area contributed by atoms with Gasteiger partial charge in [-0.15, -0.1) is 22.9 Å². The standard InChI is InChI=1S/C13H13BrClNO4S/c1-2-20-13(19)9-6-3-4-7(14)10(18)11(6)21-12(9)16-8(17)5-15/h7H,2-5H2,1H3,(H,16,17). The van der Waals surface area contributed by atoms with E-state index in [2.05, 4.69) is 21.2 Å². The number of esters is 1. The molecule has 0 spiro atoms. The van der Waals surface area contributed by atoms with Crippen molar-refractivity contribution in [3.05, 3.63) is 16.0 Å². The lowest BCUT2D eigenvalue weighted by molar-refractivity contribution is -0.113. The van der Waals surface area contributed by atoms with Gasteiger partial charge < -0.3 is 10.1 Å². The summed E-state index contributed by atoms with van der Waals surface area (Å²) in [5.41, 5.74) is 0.937. The van der Waals surface area contributed by atoms with Crippen molar-refractivity contribution in [2.75, 3.05) is 17.8 Å². The third-order valence-corrected chi connectivity index (χ3v) is 5.30. The summed E-state index contributed by atoms with van der Waals surface area (Å²) >= 11 is 9.90. The summed E-state index contributed by atoms with van der Waals surface area (Å²) in [4.78, 5) is 36.1. The summed E-state index contributed by atoms with van der Waals surface area (Å²) in [6.07, 6.45) is 1.19. The van der Waals surface area contributed by atoms with Gasteiger partial charge in [-0.25, -0.2) is 4.79 Å². The van der Waals surface area contributed by atoms with E-state index in [1.807, 2.05) is 0 Å². The first-order valence-corrected chi connectivity index (χ1v) is 8.63. The molecule has 114 valence electrons. The number of carbonyl (C=O) groups excluding carboxylic acids is 3. The predicted molar refractivity (Wildman–Crippen MR) is 85.0 cm³/mol. The Kier molecular flexibility index (Phi) is 5.40. The number of anilines is 1. The Bertz CT molecular complexity index is 601. The van der Waals surface area contributed by atoms with Gasteiger partial charge in [-0.05, 0) is 25.3 Å². The molecule has 1 unspecified atom stereocenters. The Balaban J connectivity index is 2.48. The minimum absolute atomic E-state index is 0.0711. The monoisotopic (exact) mass is 393 g/mol. The molecule has 1 N–H and O–H groups in total. The van der Waals surface area contributed by atoms with Crippen LogP contribution in [-0.4, -0.2) is 35.0 Å². The number of rotatable bonds is 4. The van der Waals surface area contributed by atoms with Crippen LogP contribution < -0.4 is 5.32 Å². The smallest absolute Gasteiger partial charge is 0.341 e. The molecule has 1 atom stereocenters. The van der Waals surface area contributed by atoms with Gasteiger partial charge in [-0.2, -0.15) is 0 Å². The van der Waals surface area contributed by atoms with Gasteiger partial charge in [-0.1, -0.05) is 15.9 Å². The Morgan fingerprint density at radius 2 is 2.24 bits per heavy atom. The summed E-state index contributed by atoms with van der Waals surface area (Å²) < 4.78 is 5.03. The Labute approximate surface area is 139 Å². The van der Waals surface area contributed by atoms with Gasteiger partial charge in [0.25, 0.3) is 0 Å². The van der Waals surface area contributed by atoms with E-state index in [0.29, 0.717) is 28.3 Å². The average Bonchev–Trinajstić information content (AvgIpc) is 2.82. The highest BCUT2D eigenvalue weighted by Crippen LogP contribution is 2.40. The first-order valence-electron chi connectivity index (χ1n) is 6.36. The third-order valence-electron chi connectivity index (χ3n) is 3.02. The fourth-order valence-electron chi connectivity index (χ4n) is 2.11. The highest BCUT2D eigenvalue weighted by Gasteiger charge is 2.34. The van der Waals surface area contributed by atoms with Crippen molar-refractivity contribution in [1.82, 2.24) is 0 Å². The number of alkyl halides is 2. The number of halogens is 2. The number of hydrogen-bond donors (Lipinski definition) is 1. The molecule has 0 saturated heterocycles. The molecule has 1 aromatic rings. The second-order valence-corrected chi connectivity index (χ2v) is 6.78. The van der Waals surface area contributed by atoms with Crippen molar-refractivity contribution in [1.29, 1.82) is 0 Å². The lowest BCUT2D eigenvalue weighted by atomic mass is 9.94. The molecular weight excluding hydrogens is 382 g/mol. The van der Waals surface area contributed by atoms with Crippen molar-refractivity contribution in [2.45, 2.75) is 24.6 Å². The highest BCUT2D eigenvalue weighted by molar-refractivity contribution is 9.10. The van der Waals surface area contributed by atoms with E-state index >= 15 is 0 Å². The topological polar surface area (TPSA) is 72.5 Å². The normalized spacial score (nSPS) is 17.3. The zero-order chi connectivity index (χ0) is 15.6. The number of fused-ring (bicyclic) bond motifs is 1. The zero-order valence-corrected chi connectivity index (χ0v) is 14.4. The number of amides is 1. The van der Waals surface area contributed by atoms with E-state index in [4.69, 9.17) is 16.3 Å². The van der Waals surface area contributed by atoms with Crippen LogP contribution in [0.1, 0.15) is 38.9 Å². The molecule has 5 nitrogen and oxygen atoms in total. The fourth-order valence-corrected chi connectivity index (χ4v) is 4.04. The van der Waals surface area contributed by atoms with Crippen LogP contribution in [0.5, 0.6) is 0 Å². The third kappa shape index (κ3) is 3.30. The number of nitrogens with one attached hydrogen (secondary N) is 1. The van der Waals surface area contributed by atoms with Crippen molar-refractivity contribution in [3.8, 4) is 0 Å². The van der Waals surface area contributed by atoms with Gasteiger partial charge in [0.15, 0.2) is 5.78 Å². The van der Waals surface area contributed by atoms with Gasteiger partial charge in [0.05, 0.1) is 21.9 Å². The molecular formula is C13H13BrClNO4S. The summed E-state index contributed by atoms with van der Waals surface area (Å²) in [6.45, 7) is 1.93. The maximum atomic E-state index is 12.2. The Morgan fingerprint density at radius 3 is 2.86 bits per heavy atom. The molecule has 1 aliphatic carbocycles. The number of hydrogen-bond acceptors (Lipinski definition) is 5. The summed E-state index contributed by atoms with van der Waals surface area (Å²) in [5, 5.41) is 2.90. The van der Waals surface area contributed by atoms with Crippen LogP contribution in [0.25, 0.3) is 0 Å². The lowest BCUT2D eigenvalue weighted by Gasteiger charge is -2.16. The number of carbonyl (C=O) groups is 3. The maximum Gasteiger partial charge on any atom is 0.341 e. The second-order valence-electron chi connectivity index (χ2n) is 4.39. The van der Waals surface area contributed by atoms with E-state index < -0.39 is 11.9 Å². The van der Waals surface area contributed by atoms with E-state index in [1.165, 1.54) is 0 Å². The van der Waals surface area contributed by atoms with Crippen LogP contribution in [0.3, 0.4) is 0 Å². The molecule has 1 aromatic heterocycles. The van der Waals surface area contributed by atoms with Crippen LogP contribution in [0.2, 0.25) is 0 Å². The molecule has 0 bridgehead atoms. The molecule has 2 rings (SSSR count). The van der Waals surface area contributed by atoms with Gasteiger partial charge in [0, 0.05) is 0 Å². The molecule has 8 heteroatoms. The van der Waals surface area contributed by atoms with Crippen LogP contribution in [0.15, 0.2) is 0 Å². The second kappa shape index (κ2) is 6.89. The van der Waals surface area contributed by atoms with E-state index in [0.717, 1.165) is 11.3 Å². The van der Waals surface area contributed by atoms with Crippen molar-refractivity contribution < 1.29 is 19.1 Å². The molecule has 0 saturated carbocycles. The fraction of sp³-hybridized carbons (Fsp3) is 0.462. The quantitative estimate of drug-likeness (QED) is 0.629. The van der Waals surface area contributed by atoms with Crippen LogP contribution >= 0.6 is 38.9 Å². The molecule has 1 amide bonds. The minimum atomic E-state index is -0.527. The molecule has 21 heavy (non-hydrogen) atoms. The zero-order valence-electron chi connectivity index (χ0n) is 11.2. The van der Waals surface area contributed by atoms with Gasteiger partial charge in [-0.3, -0.25) is 9.59 Å². The molecule has 0 aromatic carbocycles.